The van der Waals surface area contributed by atoms with Crippen molar-refractivity contribution in [3.63, 3.8) is 0 Å². The molecular formula is C13H19N5O3S. The van der Waals surface area contributed by atoms with E-state index in [0.29, 0.717) is 11.4 Å². The monoisotopic (exact) mass is 325 g/mol. The molecule has 1 saturated heterocycles. The average Bonchev–Trinajstić information content (AvgIpc) is 2.89. The number of aromatic nitrogens is 2. The van der Waals surface area contributed by atoms with Crippen LogP contribution in [0.3, 0.4) is 0 Å². The molecular weight excluding hydrogens is 306 g/mol. The molecule has 1 aromatic heterocycles. The summed E-state index contributed by atoms with van der Waals surface area (Å²) in [5.74, 6) is -0.439. The van der Waals surface area contributed by atoms with Crippen LogP contribution in [-0.4, -0.2) is 36.4 Å². The van der Waals surface area contributed by atoms with Gasteiger partial charge in [-0.25, -0.2) is 18.2 Å². The lowest BCUT2D eigenvalue weighted by atomic mass is 10.1. The first-order chi connectivity index (χ1) is 10.0. The lowest BCUT2D eigenvalue weighted by molar-refractivity contribution is -0.117. The van der Waals surface area contributed by atoms with Crippen LogP contribution in [0.1, 0.15) is 32.8 Å². The molecule has 1 aliphatic heterocycles. The van der Waals surface area contributed by atoms with Gasteiger partial charge in [-0.3, -0.25) is 9.69 Å². The van der Waals surface area contributed by atoms with Gasteiger partial charge in [0.2, 0.25) is 15.9 Å². The van der Waals surface area contributed by atoms with Crippen molar-refractivity contribution in [1.29, 1.82) is 5.26 Å². The summed E-state index contributed by atoms with van der Waals surface area (Å²) in [6, 6.07) is 2.03. The largest absolute Gasteiger partial charge is 0.296 e. The van der Waals surface area contributed by atoms with E-state index in [9.17, 15) is 18.5 Å². The maximum Gasteiger partial charge on any atom is 0.228 e. The molecule has 2 rings (SSSR count). The average molecular weight is 325 g/mol. The van der Waals surface area contributed by atoms with E-state index in [0.717, 1.165) is 0 Å². The molecule has 0 aromatic carbocycles. The Kier molecular flexibility index (Phi) is 4.02. The minimum Gasteiger partial charge on any atom is -0.296 e. The van der Waals surface area contributed by atoms with Crippen LogP contribution in [-0.2, 0) is 20.4 Å². The molecule has 1 aliphatic rings. The van der Waals surface area contributed by atoms with Gasteiger partial charge >= 0.3 is 0 Å². The molecule has 0 bridgehead atoms. The molecule has 0 spiro atoms. The molecule has 1 amide bonds. The van der Waals surface area contributed by atoms with Crippen LogP contribution in [0.4, 0.5) is 5.82 Å². The van der Waals surface area contributed by atoms with Crippen LogP contribution in [0.5, 0.6) is 0 Å². The molecule has 0 saturated carbocycles. The van der Waals surface area contributed by atoms with Gasteiger partial charge in [-0.1, -0.05) is 0 Å². The highest BCUT2D eigenvalue weighted by molar-refractivity contribution is 7.89. The predicted octanol–water partition coefficient (Wildman–Crippen LogP) is 0.151. The molecule has 9 heteroatoms. The highest BCUT2D eigenvalue weighted by atomic mass is 32.2. The third kappa shape index (κ3) is 3.28. The van der Waals surface area contributed by atoms with Gasteiger partial charge in [-0.05, 0) is 20.8 Å². The summed E-state index contributed by atoms with van der Waals surface area (Å²) >= 11 is 0. The Morgan fingerprint density at radius 1 is 1.50 bits per heavy atom. The van der Waals surface area contributed by atoms with Gasteiger partial charge in [0.05, 0.1) is 17.5 Å². The smallest absolute Gasteiger partial charge is 0.228 e. The van der Waals surface area contributed by atoms with E-state index in [1.54, 1.807) is 4.68 Å². The second-order valence-corrected chi connectivity index (χ2v) is 8.14. The summed E-state index contributed by atoms with van der Waals surface area (Å²) in [7, 11) is -3.64. The summed E-state index contributed by atoms with van der Waals surface area (Å²) in [6.07, 6.45) is 1.51. The second-order valence-electron chi connectivity index (χ2n) is 6.48. The van der Waals surface area contributed by atoms with Crippen molar-refractivity contribution in [3.05, 3.63) is 11.8 Å². The molecule has 1 fully saturated rings. The number of nitrogens with zero attached hydrogens (tertiary/aromatic N) is 4. The number of rotatable bonds is 3. The van der Waals surface area contributed by atoms with Crippen LogP contribution in [0.2, 0.25) is 0 Å². The summed E-state index contributed by atoms with van der Waals surface area (Å²) < 4.78 is 24.0. The van der Waals surface area contributed by atoms with E-state index in [-0.39, 0.29) is 30.5 Å². The molecule has 120 valence electrons. The fourth-order valence-electron chi connectivity index (χ4n) is 2.60. The number of hydrogen-bond acceptors (Lipinski definition) is 5. The van der Waals surface area contributed by atoms with Crippen LogP contribution in [0.15, 0.2) is 6.20 Å². The molecule has 1 atom stereocenters. The topological polar surface area (TPSA) is 122 Å². The maximum atomic E-state index is 12.3. The molecule has 2 heterocycles. The number of primary sulfonamides is 1. The van der Waals surface area contributed by atoms with E-state index < -0.39 is 15.6 Å². The highest BCUT2D eigenvalue weighted by Crippen LogP contribution is 2.31. The van der Waals surface area contributed by atoms with Gasteiger partial charge in [0.15, 0.2) is 5.82 Å². The van der Waals surface area contributed by atoms with Crippen molar-refractivity contribution in [3.8, 4) is 6.07 Å². The van der Waals surface area contributed by atoms with Gasteiger partial charge in [0.1, 0.15) is 11.6 Å². The van der Waals surface area contributed by atoms with Crippen molar-refractivity contribution in [2.45, 2.75) is 32.7 Å². The van der Waals surface area contributed by atoms with Crippen molar-refractivity contribution in [2.24, 2.45) is 11.1 Å². The number of hydrogen-bond donors (Lipinski definition) is 1. The number of carbonyl (C=O) groups is 1. The molecule has 22 heavy (non-hydrogen) atoms. The van der Waals surface area contributed by atoms with E-state index in [1.165, 1.54) is 11.1 Å². The SMILES string of the molecule is CC(C)(C)n1ncc(C#N)c1N1CC(CS(N)(=O)=O)CC1=O. The lowest BCUT2D eigenvalue weighted by Crippen LogP contribution is -2.34. The van der Waals surface area contributed by atoms with E-state index in [2.05, 4.69) is 5.10 Å². The number of nitrogens with two attached hydrogens (primary N) is 1. The third-order valence-corrected chi connectivity index (χ3v) is 4.36. The van der Waals surface area contributed by atoms with Crippen LogP contribution in [0.25, 0.3) is 0 Å². The van der Waals surface area contributed by atoms with Crippen molar-refractivity contribution in [2.75, 3.05) is 17.2 Å². The molecule has 0 radical (unpaired) electrons. The zero-order valence-electron chi connectivity index (χ0n) is 12.8. The van der Waals surface area contributed by atoms with Gasteiger partial charge in [-0.15, -0.1) is 0 Å². The third-order valence-electron chi connectivity index (χ3n) is 3.43. The minimum atomic E-state index is -3.64. The minimum absolute atomic E-state index is 0.0939. The van der Waals surface area contributed by atoms with Gasteiger partial charge in [0, 0.05) is 18.9 Å². The Morgan fingerprint density at radius 2 is 2.14 bits per heavy atom. The summed E-state index contributed by atoms with van der Waals surface area (Å²) in [6.45, 7) is 5.94. The van der Waals surface area contributed by atoms with Crippen molar-refractivity contribution in [1.82, 2.24) is 9.78 Å². The Bertz CT molecular complexity index is 739. The fourth-order valence-corrected chi connectivity index (χ4v) is 3.48. The van der Waals surface area contributed by atoms with Crippen molar-refractivity contribution < 1.29 is 13.2 Å². The number of nitriles is 1. The van der Waals surface area contributed by atoms with E-state index >= 15 is 0 Å². The molecule has 8 nitrogen and oxygen atoms in total. The Morgan fingerprint density at radius 3 is 2.64 bits per heavy atom. The second kappa shape index (κ2) is 5.37. The summed E-state index contributed by atoms with van der Waals surface area (Å²) in [5, 5.41) is 18.5. The first-order valence-corrected chi connectivity index (χ1v) is 8.54. The molecule has 2 N–H and O–H groups in total. The van der Waals surface area contributed by atoms with Gasteiger partial charge < -0.3 is 0 Å². The Hall–Kier alpha value is -1.92. The van der Waals surface area contributed by atoms with Gasteiger partial charge in [-0.2, -0.15) is 10.4 Å². The Balaban J connectivity index is 2.39. The molecule has 1 aromatic rings. The maximum absolute atomic E-state index is 12.3. The summed E-state index contributed by atoms with van der Waals surface area (Å²) in [4.78, 5) is 13.7. The first-order valence-electron chi connectivity index (χ1n) is 6.82. The zero-order chi connectivity index (χ0) is 16.7. The van der Waals surface area contributed by atoms with Crippen LogP contribution >= 0.6 is 0 Å². The molecule has 1 unspecified atom stereocenters. The standard InChI is InChI=1S/C13H19N5O3S/c1-13(2,3)18-12(10(5-14)6-16-18)17-7-9(4-11(17)19)8-22(15,20)21/h6,9H,4,7-8H2,1-3H3,(H2,15,20,21). The quantitative estimate of drug-likeness (QED) is 0.847. The number of anilines is 1. The van der Waals surface area contributed by atoms with Gasteiger partial charge in [0.25, 0.3) is 0 Å². The molecule has 0 aliphatic carbocycles. The normalized spacial score (nSPS) is 19.5. The highest BCUT2D eigenvalue weighted by Gasteiger charge is 2.37. The lowest BCUT2D eigenvalue weighted by Gasteiger charge is -2.26. The number of sulfonamides is 1. The van der Waals surface area contributed by atoms with Crippen LogP contribution in [0, 0.1) is 17.2 Å². The predicted molar refractivity (Wildman–Crippen MR) is 80.4 cm³/mol. The van der Waals surface area contributed by atoms with Crippen molar-refractivity contribution >= 4 is 21.7 Å². The summed E-state index contributed by atoms with van der Waals surface area (Å²) in [5.41, 5.74) is -0.123. The first kappa shape index (κ1) is 16.5. The number of amides is 1. The van der Waals surface area contributed by atoms with E-state index in [1.807, 2.05) is 26.8 Å². The number of carbonyl (C=O) groups excluding carboxylic acids is 1. The Labute approximate surface area is 129 Å². The van der Waals surface area contributed by atoms with Crippen LogP contribution < -0.4 is 10.0 Å². The fraction of sp³-hybridized carbons (Fsp3) is 0.615. The zero-order valence-corrected chi connectivity index (χ0v) is 13.6. The van der Waals surface area contributed by atoms with E-state index in [4.69, 9.17) is 5.14 Å².